The summed E-state index contributed by atoms with van der Waals surface area (Å²) in [4.78, 5) is 0. The quantitative estimate of drug-likeness (QED) is 0.806. The summed E-state index contributed by atoms with van der Waals surface area (Å²) in [5.74, 6) is 2.02. The Hall–Kier alpha value is -1.22. The van der Waals surface area contributed by atoms with Crippen molar-refractivity contribution in [2.75, 3.05) is 13.7 Å². The molecular formula is C19H29NO2. The van der Waals surface area contributed by atoms with E-state index in [0.717, 1.165) is 37.4 Å². The highest BCUT2D eigenvalue weighted by Gasteiger charge is 2.41. The fourth-order valence-electron chi connectivity index (χ4n) is 3.83. The molecule has 1 aromatic carbocycles. The van der Waals surface area contributed by atoms with E-state index in [2.05, 4.69) is 37.5 Å². The van der Waals surface area contributed by atoms with Gasteiger partial charge in [0.25, 0.3) is 0 Å². The Morgan fingerprint density at radius 2 is 2.09 bits per heavy atom. The van der Waals surface area contributed by atoms with Crippen molar-refractivity contribution in [1.29, 1.82) is 0 Å². The van der Waals surface area contributed by atoms with Crippen LogP contribution in [0.3, 0.4) is 0 Å². The van der Waals surface area contributed by atoms with E-state index in [1.165, 1.54) is 37.7 Å². The summed E-state index contributed by atoms with van der Waals surface area (Å²) in [5, 5.41) is 3.49. The molecule has 1 atom stereocenters. The monoisotopic (exact) mass is 303 g/mol. The van der Waals surface area contributed by atoms with E-state index in [0.29, 0.717) is 6.04 Å². The van der Waals surface area contributed by atoms with Crippen LogP contribution in [0.25, 0.3) is 0 Å². The summed E-state index contributed by atoms with van der Waals surface area (Å²) in [5.41, 5.74) is 1.32. The van der Waals surface area contributed by atoms with Crippen molar-refractivity contribution in [2.45, 2.75) is 69.9 Å². The summed E-state index contributed by atoms with van der Waals surface area (Å²) in [6.07, 6.45) is 9.68. The molecule has 0 aromatic heterocycles. The minimum absolute atomic E-state index is 0.0590. The molecule has 122 valence electrons. The predicted octanol–water partition coefficient (Wildman–Crippen LogP) is 4.61. The average Bonchev–Trinajstić information content (AvgIpc) is 2.55. The van der Waals surface area contributed by atoms with Crippen LogP contribution < -0.4 is 14.8 Å². The highest BCUT2D eigenvalue weighted by atomic mass is 16.5. The second-order valence-electron chi connectivity index (χ2n) is 6.79. The van der Waals surface area contributed by atoms with Gasteiger partial charge in [0.2, 0.25) is 0 Å². The van der Waals surface area contributed by atoms with E-state index < -0.39 is 0 Å². The van der Waals surface area contributed by atoms with Gasteiger partial charge in [-0.3, -0.25) is 0 Å². The highest BCUT2D eigenvalue weighted by molar-refractivity contribution is 5.44. The van der Waals surface area contributed by atoms with E-state index in [1.807, 2.05) is 0 Å². The number of nitrogens with one attached hydrogen (secondary N) is 1. The maximum absolute atomic E-state index is 6.48. The van der Waals surface area contributed by atoms with Gasteiger partial charge in [0.05, 0.1) is 6.61 Å². The van der Waals surface area contributed by atoms with Crippen molar-refractivity contribution >= 4 is 0 Å². The number of rotatable bonds is 5. The first kappa shape index (κ1) is 15.7. The molecule has 1 heterocycles. The van der Waals surface area contributed by atoms with Gasteiger partial charge in [0, 0.05) is 18.0 Å². The van der Waals surface area contributed by atoms with Gasteiger partial charge < -0.3 is 14.8 Å². The average molecular weight is 303 g/mol. The Morgan fingerprint density at radius 1 is 1.27 bits per heavy atom. The van der Waals surface area contributed by atoms with Crippen LogP contribution in [-0.4, -0.2) is 19.3 Å². The second kappa shape index (κ2) is 6.91. The summed E-state index contributed by atoms with van der Waals surface area (Å²) in [6, 6.07) is 6.71. The number of benzene rings is 1. The van der Waals surface area contributed by atoms with Gasteiger partial charge in [0.15, 0.2) is 0 Å². The Kier molecular flexibility index (Phi) is 4.92. The Morgan fingerprint density at radius 3 is 2.82 bits per heavy atom. The Labute approximate surface area is 134 Å². The van der Waals surface area contributed by atoms with E-state index in [1.54, 1.807) is 0 Å². The van der Waals surface area contributed by atoms with Crippen LogP contribution in [0.2, 0.25) is 0 Å². The molecule has 3 heteroatoms. The molecule has 1 spiro atoms. The van der Waals surface area contributed by atoms with E-state index >= 15 is 0 Å². The van der Waals surface area contributed by atoms with Crippen molar-refractivity contribution in [3.05, 3.63) is 23.8 Å². The minimum atomic E-state index is 0.0590. The van der Waals surface area contributed by atoms with Crippen LogP contribution in [0.15, 0.2) is 18.2 Å². The summed E-state index contributed by atoms with van der Waals surface area (Å²) in [7, 11) is 2.06. The van der Waals surface area contributed by atoms with Gasteiger partial charge in [-0.1, -0.05) is 19.8 Å². The highest BCUT2D eigenvalue weighted by Crippen LogP contribution is 2.46. The molecule has 1 aliphatic carbocycles. The van der Waals surface area contributed by atoms with Crippen LogP contribution >= 0.6 is 0 Å². The standard InChI is InChI=1S/C19H29NO2/c1-3-4-12-21-15-8-9-18-16(13-15)17(20-2)14-19(22-18)10-6-5-7-11-19/h8-9,13,17,20H,3-7,10-12,14H2,1-2H3. The fraction of sp³-hybridized carbons (Fsp3) is 0.684. The molecule has 3 rings (SSSR count). The second-order valence-corrected chi connectivity index (χ2v) is 6.79. The van der Waals surface area contributed by atoms with Gasteiger partial charge in [-0.2, -0.15) is 0 Å². The van der Waals surface area contributed by atoms with E-state index in [9.17, 15) is 0 Å². The van der Waals surface area contributed by atoms with Gasteiger partial charge in [0.1, 0.15) is 17.1 Å². The Balaban J connectivity index is 1.79. The minimum Gasteiger partial charge on any atom is -0.494 e. The largest absolute Gasteiger partial charge is 0.494 e. The molecule has 1 unspecified atom stereocenters. The molecule has 1 aliphatic heterocycles. The van der Waals surface area contributed by atoms with E-state index in [-0.39, 0.29) is 5.60 Å². The van der Waals surface area contributed by atoms with Crippen LogP contribution in [-0.2, 0) is 0 Å². The van der Waals surface area contributed by atoms with Gasteiger partial charge in [-0.25, -0.2) is 0 Å². The fourth-order valence-corrected chi connectivity index (χ4v) is 3.83. The number of hydrogen-bond donors (Lipinski definition) is 1. The zero-order chi connectivity index (χ0) is 15.4. The van der Waals surface area contributed by atoms with Crippen molar-refractivity contribution < 1.29 is 9.47 Å². The lowest BCUT2D eigenvalue weighted by Gasteiger charge is -2.44. The van der Waals surface area contributed by atoms with Crippen molar-refractivity contribution in [3.63, 3.8) is 0 Å². The molecule has 1 fully saturated rings. The maximum atomic E-state index is 6.48. The van der Waals surface area contributed by atoms with Crippen molar-refractivity contribution in [1.82, 2.24) is 5.32 Å². The molecule has 1 N–H and O–H groups in total. The molecule has 3 nitrogen and oxygen atoms in total. The Bertz CT molecular complexity index is 494. The molecule has 1 aromatic rings. The molecule has 0 amide bonds. The van der Waals surface area contributed by atoms with Crippen molar-refractivity contribution in [2.24, 2.45) is 0 Å². The van der Waals surface area contributed by atoms with Gasteiger partial charge >= 0.3 is 0 Å². The lowest BCUT2D eigenvalue weighted by atomic mass is 9.77. The zero-order valence-electron chi connectivity index (χ0n) is 14.0. The van der Waals surface area contributed by atoms with Crippen LogP contribution in [0.4, 0.5) is 0 Å². The molecule has 0 bridgehead atoms. The molecule has 22 heavy (non-hydrogen) atoms. The summed E-state index contributed by atoms with van der Waals surface area (Å²) >= 11 is 0. The lowest BCUT2D eigenvalue weighted by molar-refractivity contribution is -0.00188. The SMILES string of the molecule is CCCCOc1ccc2c(c1)C(NC)CC1(CCCCC1)O2. The van der Waals surface area contributed by atoms with Crippen LogP contribution in [0, 0.1) is 0 Å². The maximum Gasteiger partial charge on any atom is 0.125 e. The predicted molar refractivity (Wildman–Crippen MR) is 89.7 cm³/mol. The summed E-state index contributed by atoms with van der Waals surface area (Å²) in [6.45, 7) is 2.98. The van der Waals surface area contributed by atoms with Crippen molar-refractivity contribution in [3.8, 4) is 11.5 Å². The first-order valence-corrected chi connectivity index (χ1v) is 8.89. The molecule has 2 aliphatic rings. The normalized spacial score (nSPS) is 22.9. The first-order chi connectivity index (χ1) is 10.8. The number of hydrogen-bond acceptors (Lipinski definition) is 3. The smallest absolute Gasteiger partial charge is 0.125 e. The molecule has 0 saturated heterocycles. The number of ether oxygens (including phenoxy) is 2. The zero-order valence-corrected chi connectivity index (χ0v) is 14.0. The number of fused-ring (bicyclic) bond motifs is 1. The lowest BCUT2D eigenvalue weighted by Crippen LogP contribution is -2.45. The van der Waals surface area contributed by atoms with Crippen LogP contribution in [0.1, 0.15) is 69.9 Å². The third-order valence-electron chi connectivity index (χ3n) is 5.14. The third-order valence-corrected chi connectivity index (χ3v) is 5.14. The molecular weight excluding hydrogens is 274 g/mol. The van der Waals surface area contributed by atoms with Gasteiger partial charge in [-0.05, 0) is 57.4 Å². The molecule has 0 radical (unpaired) electrons. The summed E-state index contributed by atoms with van der Waals surface area (Å²) < 4.78 is 12.3. The van der Waals surface area contributed by atoms with Gasteiger partial charge in [-0.15, -0.1) is 0 Å². The topological polar surface area (TPSA) is 30.5 Å². The van der Waals surface area contributed by atoms with E-state index in [4.69, 9.17) is 9.47 Å². The molecule has 1 saturated carbocycles. The first-order valence-electron chi connectivity index (χ1n) is 8.89. The number of unbranched alkanes of at least 4 members (excludes halogenated alkanes) is 1. The van der Waals surface area contributed by atoms with Crippen LogP contribution in [0.5, 0.6) is 11.5 Å². The third kappa shape index (κ3) is 3.24.